The molecule has 0 saturated carbocycles. The third kappa shape index (κ3) is 2.99. The lowest BCUT2D eigenvalue weighted by molar-refractivity contribution is -0.150. The summed E-state index contributed by atoms with van der Waals surface area (Å²) >= 11 is 0. The van der Waals surface area contributed by atoms with Crippen molar-refractivity contribution >= 4 is 0 Å². The molecule has 2 N–H and O–H groups in total. The third-order valence-electron chi connectivity index (χ3n) is 4.91. The van der Waals surface area contributed by atoms with Gasteiger partial charge in [0.2, 0.25) is 0 Å². The van der Waals surface area contributed by atoms with Gasteiger partial charge in [0.15, 0.2) is 0 Å². The molecule has 0 amide bonds. The Balaban J connectivity index is 1.52. The summed E-state index contributed by atoms with van der Waals surface area (Å²) in [5.41, 5.74) is -0.0505. The summed E-state index contributed by atoms with van der Waals surface area (Å²) in [6.45, 7) is 4.36. The van der Waals surface area contributed by atoms with Gasteiger partial charge in [-0.2, -0.15) is 0 Å². The number of nitrogens with zero attached hydrogens (tertiary/aromatic N) is 3. The van der Waals surface area contributed by atoms with Crippen LogP contribution in [0.25, 0.3) is 0 Å². The van der Waals surface area contributed by atoms with Crippen LogP contribution in [-0.2, 0) is 11.8 Å². The summed E-state index contributed by atoms with van der Waals surface area (Å²) in [4.78, 5) is 6.64. The molecule has 6 nitrogen and oxygen atoms in total. The van der Waals surface area contributed by atoms with Gasteiger partial charge in [0.1, 0.15) is 11.9 Å². The van der Waals surface area contributed by atoms with Gasteiger partial charge in [-0.1, -0.05) is 0 Å². The van der Waals surface area contributed by atoms with Gasteiger partial charge in [0.25, 0.3) is 0 Å². The van der Waals surface area contributed by atoms with Crippen LogP contribution < -0.4 is 0 Å². The molecule has 2 saturated heterocycles. The van der Waals surface area contributed by atoms with E-state index in [1.165, 1.54) is 0 Å². The summed E-state index contributed by atoms with van der Waals surface area (Å²) in [7, 11) is 1.92. The standard InChI is InChI=1S/C15H25N3O3/c1-17-7-4-16-14(17)13(20)12-2-5-18(6-3-12)8-15(9-19)10-21-11-15/h4,7,12-13,19-20H,2-3,5-6,8-11H2,1H3. The molecule has 1 atom stereocenters. The lowest BCUT2D eigenvalue weighted by atomic mass is 9.84. The molecule has 21 heavy (non-hydrogen) atoms. The van der Waals surface area contributed by atoms with Gasteiger partial charge in [0.05, 0.1) is 25.2 Å². The van der Waals surface area contributed by atoms with E-state index in [1.807, 2.05) is 17.8 Å². The van der Waals surface area contributed by atoms with E-state index >= 15 is 0 Å². The number of imidazole rings is 1. The summed E-state index contributed by atoms with van der Waals surface area (Å²) in [6.07, 6.45) is 5.06. The summed E-state index contributed by atoms with van der Waals surface area (Å²) < 4.78 is 7.15. The van der Waals surface area contributed by atoms with Crippen LogP contribution >= 0.6 is 0 Å². The Morgan fingerprint density at radius 1 is 1.43 bits per heavy atom. The van der Waals surface area contributed by atoms with Crippen LogP contribution in [0.15, 0.2) is 12.4 Å². The van der Waals surface area contributed by atoms with Crippen molar-refractivity contribution in [3.63, 3.8) is 0 Å². The Labute approximate surface area is 125 Å². The first kappa shape index (κ1) is 15.0. The Kier molecular flexibility index (Phi) is 4.31. The highest BCUT2D eigenvalue weighted by molar-refractivity contribution is 4.99. The fourth-order valence-electron chi connectivity index (χ4n) is 3.40. The van der Waals surface area contributed by atoms with Crippen molar-refractivity contribution in [3.8, 4) is 0 Å². The molecule has 0 aromatic carbocycles. The molecule has 6 heteroatoms. The molecule has 1 aromatic rings. The quantitative estimate of drug-likeness (QED) is 0.810. The number of aryl methyl sites for hydroxylation is 1. The number of rotatable bonds is 5. The number of piperidine rings is 1. The minimum atomic E-state index is -0.481. The minimum Gasteiger partial charge on any atom is -0.396 e. The minimum absolute atomic E-state index is 0.0505. The van der Waals surface area contributed by atoms with E-state index < -0.39 is 6.10 Å². The second-order valence-electron chi connectivity index (χ2n) is 6.61. The number of likely N-dealkylation sites (tertiary alicyclic amines) is 1. The summed E-state index contributed by atoms with van der Waals surface area (Å²) in [6, 6.07) is 0. The second kappa shape index (κ2) is 6.04. The van der Waals surface area contributed by atoms with Crippen molar-refractivity contribution in [2.75, 3.05) is 39.5 Å². The molecule has 0 radical (unpaired) electrons. The van der Waals surface area contributed by atoms with Crippen molar-refractivity contribution in [2.45, 2.75) is 18.9 Å². The Morgan fingerprint density at radius 2 is 2.14 bits per heavy atom. The highest BCUT2D eigenvalue weighted by Gasteiger charge is 2.40. The number of aromatic nitrogens is 2. The van der Waals surface area contributed by atoms with Crippen LogP contribution in [0.3, 0.4) is 0 Å². The Hall–Kier alpha value is -0.950. The van der Waals surface area contributed by atoms with Crippen molar-refractivity contribution < 1.29 is 14.9 Å². The van der Waals surface area contributed by atoms with E-state index in [4.69, 9.17) is 4.74 Å². The fraction of sp³-hybridized carbons (Fsp3) is 0.800. The van der Waals surface area contributed by atoms with Crippen LogP contribution in [-0.4, -0.2) is 64.1 Å². The molecule has 0 spiro atoms. The molecule has 3 rings (SSSR count). The van der Waals surface area contributed by atoms with E-state index in [2.05, 4.69) is 9.88 Å². The first-order chi connectivity index (χ1) is 10.1. The van der Waals surface area contributed by atoms with Gasteiger partial charge >= 0.3 is 0 Å². The van der Waals surface area contributed by atoms with E-state index in [9.17, 15) is 10.2 Å². The second-order valence-corrected chi connectivity index (χ2v) is 6.61. The normalized spacial score (nSPS) is 24.7. The number of aliphatic hydroxyl groups is 2. The number of hydrogen-bond donors (Lipinski definition) is 2. The van der Waals surface area contributed by atoms with Gasteiger partial charge < -0.3 is 24.4 Å². The SMILES string of the molecule is Cn1ccnc1C(O)C1CCN(CC2(CO)COC2)CC1. The zero-order chi connectivity index (χ0) is 14.9. The third-order valence-corrected chi connectivity index (χ3v) is 4.91. The van der Waals surface area contributed by atoms with Gasteiger partial charge in [-0.3, -0.25) is 0 Å². The van der Waals surface area contributed by atoms with Crippen LogP contribution in [0.5, 0.6) is 0 Å². The maximum absolute atomic E-state index is 10.5. The molecule has 2 aliphatic rings. The maximum Gasteiger partial charge on any atom is 0.137 e. The van der Waals surface area contributed by atoms with E-state index in [-0.39, 0.29) is 17.9 Å². The molecule has 3 heterocycles. The van der Waals surface area contributed by atoms with Gasteiger partial charge in [-0.05, 0) is 31.8 Å². The summed E-state index contributed by atoms with van der Waals surface area (Å²) in [5.74, 6) is 1.03. The van der Waals surface area contributed by atoms with E-state index in [0.29, 0.717) is 13.2 Å². The Morgan fingerprint density at radius 3 is 2.62 bits per heavy atom. The zero-order valence-electron chi connectivity index (χ0n) is 12.6. The van der Waals surface area contributed by atoms with E-state index in [1.54, 1.807) is 6.20 Å². The van der Waals surface area contributed by atoms with Crippen LogP contribution in [0.2, 0.25) is 0 Å². The van der Waals surface area contributed by atoms with Gasteiger partial charge in [-0.15, -0.1) is 0 Å². The van der Waals surface area contributed by atoms with Gasteiger partial charge in [0, 0.05) is 26.0 Å². The average Bonchev–Trinajstić information content (AvgIpc) is 2.89. The lowest BCUT2D eigenvalue weighted by Crippen LogP contribution is -2.54. The molecule has 0 bridgehead atoms. The maximum atomic E-state index is 10.5. The zero-order valence-corrected chi connectivity index (χ0v) is 12.6. The predicted octanol–water partition coefficient (Wildman–Crippen LogP) is 0.174. The first-order valence-electron chi connectivity index (χ1n) is 7.70. The largest absolute Gasteiger partial charge is 0.396 e. The van der Waals surface area contributed by atoms with Crippen LogP contribution in [0, 0.1) is 11.3 Å². The molecule has 118 valence electrons. The van der Waals surface area contributed by atoms with Crippen molar-refractivity contribution in [1.82, 2.24) is 14.5 Å². The number of hydrogen-bond acceptors (Lipinski definition) is 5. The first-order valence-corrected chi connectivity index (χ1v) is 7.70. The Bertz CT molecular complexity index is 459. The topological polar surface area (TPSA) is 70.8 Å². The lowest BCUT2D eigenvalue weighted by Gasteiger charge is -2.45. The van der Waals surface area contributed by atoms with Crippen molar-refractivity contribution in [1.29, 1.82) is 0 Å². The predicted molar refractivity (Wildman–Crippen MR) is 77.7 cm³/mol. The van der Waals surface area contributed by atoms with Crippen molar-refractivity contribution in [3.05, 3.63) is 18.2 Å². The van der Waals surface area contributed by atoms with E-state index in [0.717, 1.165) is 38.3 Å². The molecule has 2 aliphatic heterocycles. The smallest absolute Gasteiger partial charge is 0.137 e. The van der Waals surface area contributed by atoms with Crippen molar-refractivity contribution in [2.24, 2.45) is 18.4 Å². The molecular weight excluding hydrogens is 270 g/mol. The average molecular weight is 295 g/mol. The number of ether oxygens (including phenoxy) is 1. The highest BCUT2D eigenvalue weighted by Crippen LogP contribution is 2.33. The molecule has 1 aromatic heterocycles. The van der Waals surface area contributed by atoms with Crippen LogP contribution in [0.4, 0.5) is 0 Å². The molecule has 1 unspecified atom stereocenters. The number of aliphatic hydroxyl groups excluding tert-OH is 2. The fourth-order valence-corrected chi connectivity index (χ4v) is 3.40. The molecule has 0 aliphatic carbocycles. The molecule has 2 fully saturated rings. The molecular formula is C15H25N3O3. The summed E-state index contributed by atoms with van der Waals surface area (Å²) in [5, 5.41) is 20.0. The van der Waals surface area contributed by atoms with Gasteiger partial charge in [-0.25, -0.2) is 4.98 Å². The monoisotopic (exact) mass is 295 g/mol. The highest BCUT2D eigenvalue weighted by atomic mass is 16.5. The van der Waals surface area contributed by atoms with Crippen LogP contribution in [0.1, 0.15) is 24.8 Å².